The van der Waals surface area contributed by atoms with Gasteiger partial charge in [0, 0.05) is 6.42 Å². The number of hydrogen-bond donors (Lipinski definition) is 2. The lowest BCUT2D eigenvalue weighted by atomic mass is 9.98. The molecule has 0 saturated heterocycles. The van der Waals surface area contributed by atoms with Crippen LogP contribution in [0.15, 0.2) is 30.3 Å². The third-order valence-corrected chi connectivity index (χ3v) is 3.66. The predicted molar refractivity (Wildman–Crippen MR) is 72.9 cm³/mol. The maximum Gasteiger partial charge on any atom is 0.0592 e. The Kier molecular flexibility index (Phi) is 2.11. The maximum absolute atomic E-state index is 6.16. The molecule has 0 aromatic heterocycles. The first-order valence-electron chi connectivity index (χ1n) is 6.00. The van der Waals surface area contributed by atoms with Crippen molar-refractivity contribution in [2.75, 3.05) is 11.5 Å². The van der Waals surface area contributed by atoms with Crippen LogP contribution in [0.25, 0.3) is 11.1 Å². The zero-order chi connectivity index (χ0) is 12.0. The van der Waals surface area contributed by atoms with E-state index in [2.05, 4.69) is 37.3 Å². The highest BCUT2D eigenvalue weighted by Crippen LogP contribution is 2.42. The van der Waals surface area contributed by atoms with Crippen LogP contribution >= 0.6 is 0 Å². The highest BCUT2D eigenvalue weighted by atomic mass is 14.7. The van der Waals surface area contributed by atoms with Gasteiger partial charge in [-0.1, -0.05) is 31.2 Å². The summed E-state index contributed by atoms with van der Waals surface area (Å²) >= 11 is 0. The second-order valence-electron chi connectivity index (χ2n) is 4.58. The van der Waals surface area contributed by atoms with Gasteiger partial charge in [-0.2, -0.15) is 0 Å². The standard InChI is InChI=1S/C15H16N2/c1-2-9-7-12-11-6-4-3-5-10(11)8-13(12)15(17)14(9)16/h3-7H,2,8,16-17H2,1H3. The first-order chi connectivity index (χ1) is 8.22. The van der Waals surface area contributed by atoms with Crippen LogP contribution in [0.3, 0.4) is 0 Å². The van der Waals surface area contributed by atoms with Gasteiger partial charge in [0.25, 0.3) is 0 Å². The molecule has 0 radical (unpaired) electrons. The van der Waals surface area contributed by atoms with Crippen molar-refractivity contribution in [3.8, 4) is 11.1 Å². The van der Waals surface area contributed by atoms with Gasteiger partial charge in [-0.25, -0.2) is 0 Å². The van der Waals surface area contributed by atoms with Crippen molar-refractivity contribution in [1.29, 1.82) is 0 Å². The molecule has 86 valence electrons. The van der Waals surface area contributed by atoms with Crippen LogP contribution in [0.5, 0.6) is 0 Å². The summed E-state index contributed by atoms with van der Waals surface area (Å²) < 4.78 is 0. The molecule has 0 bridgehead atoms. The fourth-order valence-electron chi connectivity index (χ4n) is 2.67. The van der Waals surface area contributed by atoms with E-state index in [-0.39, 0.29) is 0 Å². The van der Waals surface area contributed by atoms with Crippen LogP contribution in [-0.4, -0.2) is 0 Å². The SMILES string of the molecule is CCc1cc2c(c(N)c1N)Cc1ccccc1-2. The van der Waals surface area contributed by atoms with Crippen LogP contribution in [0.1, 0.15) is 23.6 Å². The molecule has 4 N–H and O–H groups in total. The number of hydrogen-bond acceptors (Lipinski definition) is 2. The van der Waals surface area contributed by atoms with E-state index >= 15 is 0 Å². The number of nitrogen functional groups attached to an aromatic ring is 2. The Hall–Kier alpha value is -1.96. The lowest BCUT2D eigenvalue weighted by Crippen LogP contribution is -2.03. The van der Waals surface area contributed by atoms with Crippen LogP contribution in [0, 0.1) is 0 Å². The molecule has 0 spiro atoms. The Morgan fingerprint density at radius 1 is 1.06 bits per heavy atom. The van der Waals surface area contributed by atoms with E-state index in [1.165, 1.54) is 22.3 Å². The van der Waals surface area contributed by atoms with Crippen molar-refractivity contribution in [3.05, 3.63) is 47.0 Å². The fraction of sp³-hybridized carbons (Fsp3) is 0.200. The lowest BCUT2D eigenvalue weighted by molar-refractivity contribution is 1.14. The van der Waals surface area contributed by atoms with Gasteiger partial charge >= 0.3 is 0 Å². The molecule has 17 heavy (non-hydrogen) atoms. The molecule has 0 saturated carbocycles. The number of rotatable bonds is 1. The van der Waals surface area contributed by atoms with Gasteiger partial charge in [-0.15, -0.1) is 0 Å². The Balaban J connectivity index is 2.30. The van der Waals surface area contributed by atoms with Gasteiger partial charge in [-0.3, -0.25) is 0 Å². The average molecular weight is 224 g/mol. The highest BCUT2D eigenvalue weighted by molar-refractivity contribution is 5.87. The van der Waals surface area contributed by atoms with Crippen LogP contribution < -0.4 is 11.5 Å². The average Bonchev–Trinajstić information content (AvgIpc) is 2.72. The fourth-order valence-corrected chi connectivity index (χ4v) is 2.67. The van der Waals surface area contributed by atoms with Crippen molar-refractivity contribution in [3.63, 3.8) is 0 Å². The molecule has 2 aromatic carbocycles. The van der Waals surface area contributed by atoms with Crippen LogP contribution in [-0.2, 0) is 12.8 Å². The van der Waals surface area contributed by atoms with E-state index in [1.807, 2.05) is 0 Å². The van der Waals surface area contributed by atoms with Crippen LogP contribution in [0.2, 0.25) is 0 Å². The van der Waals surface area contributed by atoms with Gasteiger partial charge in [0.1, 0.15) is 0 Å². The van der Waals surface area contributed by atoms with E-state index in [0.717, 1.165) is 29.8 Å². The lowest BCUT2D eigenvalue weighted by Gasteiger charge is -2.12. The molecule has 2 nitrogen and oxygen atoms in total. The second-order valence-corrected chi connectivity index (χ2v) is 4.58. The van der Waals surface area contributed by atoms with Gasteiger partial charge in [0.05, 0.1) is 11.4 Å². The normalized spacial score (nSPS) is 12.3. The third kappa shape index (κ3) is 1.34. The van der Waals surface area contributed by atoms with Crippen LogP contribution in [0.4, 0.5) is 11.4 Å². The highest BCUT2D eigenvalue weighted by Gasteiger charge is 2.22. The van der Waals surface area contributed by atoms with Gasteiger partial charge in [0.15, 0.2) is 0 Å². The largest absolute Gasteiger partial charge is 0.397 e. The van der Waals surface area contributed by atoms with Crippen molar-refractivity contribution in [2.24, 2.45) is 0 Å². The Labute approximate surface area is 101 Å². The molecular formula is C15H16N2. The Morgan fingerprint density at radius 2 is 1.82 bits per heavy atom. The van der Waals surface area contributed by atoms with Crippen molar-refractivity contribution in [1.82, 2.24) is 0 Å². The summed E-state index contributed by atoms with van der Waals surface area (Å²) in [7, 11) is 0. The van der Waals surface area contributed by atoms with E-state index in [0.29, 0.717) is 0 Å². The predicted octanol–water partition coefficient (Wildman–Crippen LogP) is 2.98. The third-order valence-electron chi connectivity index (χ3n) is 3.66. The zero-order valence-electron chi connectivity index (χ0n) is 9.96. The number of nitrogens with two attached hydrogens (primary N) is 2. The molecule has 1 aliphatic rings. The Morgan fingerprint density at radius 3 is 2.59 bits per heavy atom. The summed E-state index contributed by atoms with van der Waals surface area (Å²) in [6.45, 7) is 2.11. The van der Waals surface area contributed by atoms with E-state index < -0.39 is 0 Å². The molecular weight excluding hydrogens is 208 g/mol. The smallest absolute Gasteiger partial charge is 0.0592 e. The molecule has 0 unspecified atom stereocenters. The summed E-state index contributed by atoms with van der Waals surface area (Å²) in [5.41, 5.74) is 20.0. The van der Waals surface area contributed by atoms with E-state index in [9.17, 15) is 0 Å². The molecule has 3 rings (SSSR count). The number of anilines is 2. The van der Waals surface area contributed by atoms with Crippen molar-refractivity contribution >= 4 is 11.4 Å². The number of benzene rings is 2. The van der Waals surface area contributed by atoms with Crippen molar-refractivity contribution in [2.45, 2.75) is 19.8 Å². The maximum atomic E-state index is 6.16. The molecule has 0 aliphatic heterocycles. The second kappa shape index (κ2) is 3.52. The molecule has 0 atom stereocenters. The first-order valence-corrected chi connectivity index (χ1v) is 6.00. The monoisotopic (exact) mass is 224 g/mol. The molecule has 2 aromatic rings. The first kappa shape index (κ1) is 10.2. The minimum atomic E-state index is 0.763. The number of fused-ring (bicyclic) bond motifs is 3. The molecule has 2 heteroatoms. The molecule has 0 amide bonds. The summed E-state index contributed by atoms with van der Waals surface area (Å²) in [6, 6.07) is 10.7. The summed E-state index contributed by atoms with van der Waals surface area (Å²) in [5.74, 6) is 0. The molecule has 0 heterocycles. The Bertz CT molecular complexity index is 600. The summed E-state index contributed by atoms with van der Waals surface area (Å²) in [5, 5.41) is 0. The minimum absolute atomic E-state index is 0.763. The quantitative estimate of drug-likeness (QED) is 0.624. The minimum Gasteiger partial charge on any atom is -0.397 e. The molecule has 0 fully saturated rings. The molecule has 1 aliphatic carbocycles. The summed E-state index contributed by atoms with van der Waals surface area (Å²) in [6.07, 6.45) is 1.83. The topological polar surface area (TPSA) is 52.0 Å². The summed E-state index contributed by atoms with van der Waals surface area (Å²) in [4.78, 5) is 0. The van der Waals surface area contributed by atoms with Crippen molar-refractivity contribution < 1.29 is 0 Å². The van der Waals surface area contributed by atoms with Gasteiger partial charge < -0.3 is 11.5 Å². The van der Waals surface area contributed by atoms with E-state index in [4.69, 9.17) is 11.5 Å². The number of aryl methyl sites for hydroxylation is 1. The van der Waals surface area contributed by atoms with Gasteiger partial charge in [-0.05, 0) is 40.3 Å². The zero-order valence-corrected chi connectivity index (χ0v) is 9.96. The van der Waals surface area contributed by atoms with E-state index in [1.54, 1.807) is 0 Å². The van der Waals surface area contributed by atoms with Gasteiger partial charge in [0.2, 0.25) is 0 Å².